The zero-order valence-corrected chi connectivity index (χ0v) is 17.9. The first-order chi connectivity index (χ1) is 14.7. The molecule has 2 aliphatic heterocycles. The molecule has 0 unspecified atom stereocenters. The van der Waals surface area contributed by atoms with E-state index in [4.69, 9.17) is 9.47 Å². The van der Waals surface area contributed by atoms with Crippen LogP contribution in [0.25, 0.3) is 0 Å². The van der Waals surface area contributed by atoms with Crippen molar-refractivity contribution in [2.75, 3.05) is 33.4 Å². The molecule has 1 saturated carbocycles. The highest BCUT2D eigenvalue weighted by Gasteiger charge is 2.52. The van der Waals surface area contributed by atoms with Crippen LogP contribution in [0.2, 0.25) is 0 Å². The molecule has 2 atom stereocenters. The number of amides is 2. The van der Waals surface area contributed by atoms with Crippen molar-refractivity contribution >= 4 is 11.8 Å². The molecule has 2 saturated heterocycles. The van der Waals surface area contributed by atoms with Crippen LogP contribution < -0.4 is 0 Å². The van der Waals surface area contributed by atoms with E-state index in [-0.39, 0.29) is 23.9 Å². The molecule has 1 aromatic rings. The molecule has 3 fully saturated rings. The first-order valence-corrected chi connectivity index (χ1v) is 11.3. The molecule has 0 aromatic carbocycles. The molecule has 0 N–H and O–H groups in total. The van der Waals surface area contributed by atoms with Gasteiger partial charge in [0.25, 0.3) is 5.91 Å². The first-order valence-electron chi connectivity index (χ1n) is 11.3. The zero-order chi connectivity index (χ0) is 20.9. The summed E-state index contributed by atoms with van der Waals surface area (Å²) in [6, 6.07) is 3.97. The maximum Gasteiger partial charge on any atom is 0.255 e. The van der Waals surface area contributed by atoms with Gasteiger partial charge in [-0.05, 0) is 43.4 Å². The van der Waals surface area contributed by atoms with Crippen molar-refractivity contribution in [1.82, 2.24) is 14.8 Å². The lowest BCUT2D eigenvalue weighted by molar-refractivity contribution is -0.184. The third-order valence-corrected chi connectivity index (χ3v) is 6.84. The topological polar surface area (TPSA) is 72.0 Å². The van der Waals surface area contributed by atoms with Crippen LogP contribution in [0.4, 0.5) is 0 Å². The molecule has 164 valence electrons. The molecular formula is C23H33N3O4. The third-order valence-electron chi connectivity index (χ3n) is 6.84. The molecule has 30 heavy (non-hydrogen) atoms. The first kappa shape index (κ1) is 21.2. The molecule has 0 radical (unpaired) electrons. The minimum atomic E-state index is -0.468. The van der Waals surface area contributed by atoms with Crippen LogP contribution in [-0.4, -0.2) is 72.2 Å². The number of rotatable bonds is 7. The maximum atomic E-state index is 13.0. The summed E-state index contributed by atoms with van der Waals surface area (Å²) in [7, 11) is 1.63. The highest BCUT2D eigenvalue weighted by molar-refractivity contribution is 5.89. The molecule has 7 heteroatoms. The van der Waals surface area contributed by atoms with Crippen LogP contribution >= 0.6 is 0 Å². The molecule has 2 amide bonds. The predicted molar refractivity (Wildman–Crippen MR) is 112 cm³/mol. The number of ether oxygens (including phenoxy) is 2. The molecule has 0 bridgehead atoms. The van der Waals surface area contributed by atoms with Crippen LogP contribution in [0, 0.1) is 5.92 Å². The molecule has 3 heterocycles. The summed E-state index contributed by atoms with van der Waals surface area (Å²) < 4.78 is 10.9. The lowest BCUT2D eigenvalue weighted by Crippen LogP contribution is -2.65. The Morgan fingerprint density at radius 1 is 1.07 bits per heavy atom. The molecule has 4 rings (SSSR count). The minimum absolute atomic E-state index is 0.0463. The molecule has 1 aliphatic carbocycles. The number of likely N-dealkylation sites (tertiary alicyclic amines) is 2. The Bertz CT molecular complexity index is 714. The highest BCUT2D eigenvalue weighted by atomic mass is 16.5. The Labute approximate surface area is 178 Å². The van der Waals surface area contributed by atoms with E-state index in [1.54, 1.807) is 19.5 Å². The number of piperidine rings is 1. The van der Waals surface area contributed by atoms with Gasteiger partial charge in [-0.2, -0.15) is 0 Å². The second-order valence-corrected chi connectivity index (χ2v) is 8.65. The summed E-state index contributed by atoms with van der Waals surface area (Å²) in [5, 5.41) is 0. The standard InChI is InChI=1S/C23H33N3O4/c1-29-15-16-30-21-20(17-7-11-24-12-8-17)26(23(21)28)19-9-13-25(14-10-19)22(27)18-5-3-2-4-6-18/h7-8,11-12,18-21H,2-6,9-10,13-16H2,1H3/t20-,21+/m0/s1. The fourth-order valence-electron chi connectivity index (χ4n) is 5.18. The Kier molecular flexibility index (Phi) is 7.00. The maximum absolute atomic E-state index is 13.0. The van der Waals surface area contributed by atoms with Gasteiger partial charge in [0.15, 0.2) is 6.10 Å². The Hall–Kier alpha value is -1.99. The van der Waals surface area contributed by atoms with Crippen molar-refractivity contribution in [2.24, 2.45) is 5.92 Å². The van der Waals surface area contributed by atoms with Gasteiger partial charge in [0, 0.05) is 44.6 Å². The largest absolute Gasteiger partial charge is 0.382 e. The molecule has 1 aromatic heterocycles. The summed E-state index contributed by atoms with van der Waals surface area (Å²) in [6.45, 7) is 2.34. The van der Waals surface area contributed by atoms with E-state index < -0.39 is 6.10 Å². The van der Waals surface area contributed by atoms with Crippen molar-refractivity contribution in [3.63, 3.8) is 0 Å². The average Bonchev–Trinajstić information content (AvgIpc) is 2.81. The van der Waals surface area contributed by atoms with Gasteiger partial charge in [-0.15, -0.1) is 0 Å². The Balaban J connectivity index is 1.39. The summed E-state index contributed by atoms with van der Waals surface area (Å²) >= 11 is 0. The van der Waals surface area contributed by atoms with E-state index in [0.717, 1.165) is 44.3 Å². The fourth-order valence-corrected chi connectivity index (χ4v) is 5.18. The minimum Gasteiger partial charge on any atom is -0.382 e. The van der Waals surface area contributed by atoms with Crippen molar-refractivity contribution in [3.05, 3.63) is 30.1 Å². The van der Waals surface area contributed by atoms with Crippen LogP contribution in [-0.2, 0) is 19.1 Å². The second-order valence-electron chi connectivity index (χ2n) is 8.65. The number of aromatic nitrogens is 1. The van der Waals surface area contributed by atoms with Crippen molar-refractivity contribution in [1.29, 1.82) is 0 Å². The summed E-state index contributed by atoms with van der Waals surface area (Å²) in [4.78, 5) is 34.0. The van der Waals surface area contributed by atoms with Crippen molar-refractivity contribution in [2.45, 2.75) is 63.1 Å². The SMILES string of the molecule is COCCO[C@H]1C(=O)N(C2CCN(C(=O)C3CCCCC3)CC2)[C@H]1c1ccncc1. The lowest BCUT2D eigenvalue weighted by Gasteiger charge is -2.52. The second kappa shape index (κ2) is 9.88. The summed E-state index contributed by atoms with van der Waals surface area (Å²) in [6.07, 6.45) is 10.4. The van der Waals surface area contributed by atoms with Crippen molar-refractivity contribution < 1.29 is 19.1 Å². The number of hydrogen-bond acceptors (Lipinski definition) is 5. The van der Waals surface area contributed by atoms with Gasteiger partial charge in [-0.3, -0.25) is 14.6 Å². The van der Waals surface area contributed by atoms with Crippen LogP contribution in [0.1, 0.15) is 56.6 Å². The van der Waals surface area contributed by atoms with Crippen LogP contribution in [0.5, 0.6) is 0 Å². The normalized spacial score (nSPS) is 26.0. The molecule has 0 spiro atoms. The number of β-lactam (4-membered cyclic amide) rings is 1. The van der Waals surface area contributed by atoms with Gasteiger partial charge in [0.2, 0.25) is 5.91 Å². The average molecular weight is 416 g/mol. The Morgan fingerprint density at radius 2 is 1.77 bits per heavy atom. The number of carbonyl (C=O) groups excluding carboxylic acids is 2. The number of methoxy groups -OCH3 is 1. The van der Waals surface area contributed by atoms with E-state index in [2.05, 4.69) is 4.98 Å². The summed E-state index contributed by atoms with van der Waals surface area (Å²) in [5.41, 5.74) is 1.05. The third kappa shape index (κ3) is 4.37. The monoisotopic (exact) mass is 415 g/mol. The lowest BCUT2D eigenvalue weighted by atomic mass is 9.85. The van der Waals surface area contributed by atoms with Crippen LogP contribution in [0.15, 0.2) is 24.5 Å². The quantitative estimate of drug-likeness (QED) is 0.506. The van der Waals surface area contributed by atoms with Gasteiger partial charge in [-0.1, -0.05) is 19.3 Å². The van der Waals surface area contributed by atoms with E-state index >= 15 is 0 Å². The zero-order valence-electron chi connectivity index (χ0n) is 17.9. The number of carbonyl (C=O) groups is 2. The Morgan fingerprint density at radius 3 is 2.43 bits per heavy atom. The van der Waals surface area contributed by atoms with E-state index in [0.29, 0.717) is 19.1 Å². The van der Waals surface area contributed by atoms with E-state index in [9.17, 15) is 9.59 Å². The number of nitrogens with zero attached hydrogens (tertiary/aromatic N) is 3. The highest BCUT2D eigenvalue weighted by Crippen LogP contribution is 2.41. The number of pyridine rings is 1. The number of hydrogen-bond donors (Lipinski definition) is 0. The molecule has 7 nitrogen and oxygen atoms in total. The van der Waals surface area contributed by atoms with Crippen LogP contribution in [0.3, 0.4) is 0 Å². The van der Waals surface area contributed by atoms with E-state index in [1.807, 2.05) is 21.9 Å². The van der Waals surface area contributed by atoms with Gasteiger partial charge < -0.3 is 19.3 Å². The van der Waals surface area contributed by atoms with E-state index in [1.165, 1.54) is 19.3 Å². The van der Waals surface area contributed by atoms with Gasteiger partial charge >= 0.3 is 0 Å². The van der Waals surface area contributed by atoms with Gasteiger partial charge in [-0.25, -0.2) is 0 Å². The predicted octanol–water partition coefficient (Wildman–Crippen LogP) is 2.57. The smallest absolute Gasteiger partial charge is 0.255 e. The molecule has 3 aliphatic rings. The van der Waals surface area contributed by atoms with Gasteiger partial charge in [0.05, 0.1) is 19.3 Å². The molecular weight excluding hydrogens is 382 g/mol. The summed E-state index contributed by atoms with van der Waals surface area (Å²) in [5.74, 6) is 0.587. The van der Waals surface area contributed by atoms with Gasteiger partial charge in [0.1, 0.15) is 0 Å². The van der Waals surface area contributed by atoms with Crippen molar-refractivity contribution in [3.8, 4) is 0 Å². The fraction of sp³-hybridized carbons (Fsp3) is 0.696.